The number of amides is 2. The Morgan fingerprint density at radius 3 is 2.26 bits per heavy atom. The molecule has 3 rings (SSSR count). The molecule has 0 saturated heterocycles. The normalized spacial score (nSPS) is 20.2. The van der Waals surface area contributed by atoms with Crippen molar-refractivity contribution in [1.82, 2.24) is 10.6 Å². The van der Waals surface area contributed by atoms with Gasteiger partial charge in [-0.1, -0.05) is 60.7 Å². The maximum absolute atomic E-state index is 12.9. The van der Waals surface area contributed by atoms with Gasteiger partial charge in [0, 0.05) is 11.8 Å². The van der Waals surface area contributed by atoms with E-state index in [1.165, 1.54) is 6.20 Å². The number of carbonyl (C=O) groups excluding carboxylic acids is 2. The van der Waals surface area contributed by atoms with E-state index in [0.29, 0.717) is 17.6 Å². The van der Waals surface area contributed by atoms with Crippen LogP contribution in [0.3, 0.4) is 0 Å². The molecule has 0 radical (unpaired) electrons. The van der Waals surface area contributed by atoms with Crippen molar-refractivity contribution in [3.8, 4) is 0 Å². The number of hydrogen-bond acceptors (Lipinski definition) is 3. The van der Waals surface area contributed by atoms with E-state index in [2.05, 4.69) is 10.6 Å². The predicted octanol–water partition coefficient (Wildman–Crippen LogP) is 1.96. The highest BCUT2D eigenvalue weighted by molar-refractivity contribution is 6.07. The lowest BCUT2D eigenvalue weighted by molar-refractivity contribution is 0.0886. The van der Waals surface area contributed by atoms with Gasteiger partial charge >= 0.3 is 6.03 Å². The van der Waals surface area contributed by atoms with E-state index in [-0.39, 0.29) is 5.78 Å². The fourth-order valence-electron chi connectivity index (χ4n) is 2.59. The number of nitrogens with two attached hydrogens (primary N) is 1. The SMILES string of the molecule is NC1(C(=O)c2ccccc2)NC(=O)NC=C1Cc1ccccc1. The number of ketones is 1. The Labute approximate surface area is 134 Å². The van der Waals surface area contributed by atoms with Crippen LogP contribution in [-0.4, -0.2) is 17.5 Å². The average molecular weight is 307 g/mol. The van der Waals surface area contributed by atoms with Crippen LogP contribution in [0, 0.1) is 0 Å². The Kier molecular flexibility index (Phi) is 3.95. The van der Waals surface area contributed by atoms with Crippen molar-refractivity contribution in [2.45, 2.75) is 12.1 Å². The number of urea groups is 1. The topological polar surface area (TPSA) is 84.2 Å². The van der Waals surface area contributed by atoms with Crippen molar-refractivity contribution in [2.75, 3.05) is 0 Å². The molecule has 1 atom stereocenters. The largest absolute Gasteiger partial charge is 0.320 e. The molecule has 2 amide bonds. The third-order valence-electron chi connectivity index (χ3n) is 3.83. The second-order valence-corrected chi connectivity index (χ2v) is 5.43. The van der Waals surface area contributed by atoms with E-state index in [1.807, 2.05) is 36.4 Å². The van der Waals surface area contributed by atoms with Gasteiger partial charge in [-0.2, -0.15) is 0 Å². The van der Waals surface area contributed by atoms with Gasteiger partial charge in [-0.05, 0) is 17.6 Å². The van der Waals surface area contributed by atoms with E-state index in [1.54, 1.807) is 24.3 Å². The van der Waals surface area contributed by atoms with Gasteiger partial charge in [-0.25, -0.2) is 4.79 Å². The molecule has 23 heavy (non-hydrogen) atoms. The van der Waals surface area contributed by atoms with Crippen molar-refractivity contribution in [1.29, 1.82) is 0 Å². The number of carbonyl (C=O) groups is 2. The molecule has 4 N–H and O–H groups in total. The lowest BCUT2D eigenvalue weighted by Gasteiger charge is -2.35. The van der Waals surface area contributed by atoms with Gasteiger partial charge in [-0.15, -0.1) is 0 Å². The minimum Gasteiger partial charge on any atom is -0.315 e. The summed E-state index contributed by atoms with van der Waals surface area (Å²) in [5.74, 6) is -0.338. The summed E-state index contributed by atoms with van der Waals surface area (Å²) in [5, 5.41) is 5.14. The number of nitrogens with one attached hydrogen (secondary N) is 2. The van der Waals surface area contributed by atoms with E-state index in [9.17, 15) is 9.59 Å². The fourth-order valence-corrected chi connectivity index (χ4v) is 2.59. The van der Waals surface area contributed by atoms with Crippen LogP contribution < -0.4 is 16.4 Å². The van der Waals surface area contributed by atoms with E-state index in [4.69, 9.17) is 5.73 Å². The van der Waals surface area contributed by atoms with Gasteiger partial charge in [0.15, 0.2) is 5.66 Å². The molecule has 1 heterocycles. The minimum absolute atomic E-state index is 0.338. The Morgan fingerprint density at radius 2 is 1.61 bits per heavy atom. The third-order valence-corrected chi connectivity index (χ3v) is 3.83. The molecule has 0 fully saturated rings. The van der Waals surface area contributed by atoms with Crippen molar-refractivity contribution in [2.24, 2.45) is 5.73 Å². The highest BCUT2D eigenvalue weighted by Gasteiger charge is 2.42. The van der Waals surface area contributed by atoms with Crippen molar-refractivity contribution in [3.05, 3.63) is 83.6 Å². The summed E-state index contributed by atoms with van der Waals surface area (Å²) in [6.07, 6.45) is 1.98. The summed E-state index contributed by atoms with van der Waals surface area (Å²) < 4.78 is 0. The van der Waals surface area contributed by atoms with Gasteiger partial charge in [0.2, 0.25) is 5.78 Å². The summed E-state index contributed by atoms with van der Waals surface area (Å²) >= 11 is 0. The first-order valence-electron chi connectivity index (χ1n) is 7.30. The molecule has 0 spiro atoms. The highest BCUT2D eigenvalue weighted by atomic mass is 16.2. The lowest BCUT2D eigenvalue weighted by Crippen LogP contribution is -2.67. The molecule has 2 aromatic carbocycles. The van der Waals surface area contributed by atoms with Crippen molar-refractivity contribution >= 4 is 11.8 Å². The second-order valence-electron chi connectivity index (χ2n) is 5.43. The minimum atomic E-state index is -1.56. The molecule has 0 bridgehead atoms. The van der Waals surface area contributed by atoms with E-state index < -0.39 is 11.7 Å². The van der Waals surface area contributed by atoms with Gasteiger partial charge in [0.05, 0.1) is 0 Å². The van der Waals surface area contributed by atoms with Crippen LogP contribution in [0.2, 0.25) is 0 Å². The third kappa shape index (κ3) is 3.00. The number of Topliss-reactive ketones (excluding diaryl/α,β-unsaturated/α-hetero) is 1. The zero-order valence-corrected chi connectivity index (χ0v) is 12.5. The number of benzene rings is 2. The van der Waals surface area contributed by atoms with Gasteiger partial charge in [0.25, 0.3) is 0 Å². The van der Waals surface area contributed by atoms with Crippen LogP contribution in [0.5, 0.6) is 0 Å². The Hall–Kier alpha value is -2.92. The van der Waals surface area contributed by atoms with Crippen LogP contribution in [-0.2, 0) is 6.42 Å². The first-order valence-corrected chi connectivity index (χ1v) is 7.30. The molecule has 1 aliphatic rings. The average Bonchev–Trinajstić information content (AvgIpc) is 2.58. The Balaban J connectivity index is 1.96. The summed E-state index contributed by atoms with van der Waals surface area (Å²) in [6.45, 7) is 0. The summed E-state index contributed by atoms with van der Waals surface area (Å²) in [7, 11) is 0. The molecule has 0 aliphatic carbocycles. The lowest BCUT2D eigenvalue weighted by atomic mass is 9.87. The molecule has 1 aliphatic heterocycles. The maximum Gasteiger partial charge on any atom is 0.320 e. The smallest absolute Gasteiger partial charge is 0.315 e. The molecule has 0 aromatic heterocycles. The Morgan fingerprint density at radius 1 is 1.00 bits per heavy atom. The van der Waals surface area contributed by atoms with Crippen molar-refractivity contribution in [3.63, 3.8) is 0 Å². The maximum atomic E-state index is 12.9. The summed E-state index contributed by atoms with van der Waals surface area (Å²) in [5.41, 5.74) is 6.84. The molecular weight excluding hydrogens is 290 g/mol. The zero-order valence-electron chi connectivity index (χ0n) is 12.5. The molecule has 116 valence electrons. The fraction of sp³-hybridized carbons (Fsp3) is 0.111. The molecule has 5 nitrogen and oxygen atoms in total. The number of rotatable bonds is 4. The second kappa shape index (κ2) is 6.06. The highest BCUT2D eigenvalue weighted by Crippen LogP contribution is 2.23. The summed E-state index contributed by atoms with van der Waals surface area (Å²) in [6, 6.07) is 17.9. The van der Waals surface area contributed by atoms with Crippen LogP contribution in [0.15, 0.2) is 72.4 Å². The van der Waals surface area contributed by atoms with E-state index in [0.717, 1.165) is 5.56 Å². The molecule has 1 unspecified atom stereocenters. The van der Waals surface area contributed by atoms with Crippen LogP contribution in [0.25, 0.3) is 0 Å². The first-order chi connectivity index (χ1) is 11.1. The van der Waals surface area contributed by atoms with Crippen molar-refractivity contribution < 1.29 is 9.59 Å². The number of hydrogen-bond donors (Lipinski definition) is 3. The molecule has 0 saturated carbocycles. The van der Waals surface area contributed by atoms with E-state index >= 15 is 0 Å². The van der Waals surface area contributed by atoms with Crippen LogP contribution in [0.1, 0.15) is 15.9 Å². The molecular formula is C18H17N3O2. The first kappa shape index (κ1) is 15.0. The quantitative estimate of drug-likeness (QED) is 0.755. The molecule has 2 aromatic rings. The summed E-state index contributed by atoms with van der Waals surface area (Å²) in [4.78, 5) is 24.6. The standard InChI is InChI=1S/C18H17N3O2/c19-18(16(22)14-9-5-2-6-10-14)15(12-20-17(23)21-18)11-13-7-3-1-4-8-13/h1-10,12H,11,19H2,(H2,20,21,23). The van der Waals surface area contributed by atoms with Crippen LogP contribution >= 0.6 is 0 Å². The predicted molar refractivity (Wildman–Crippen MR) is 87.6 cm³/mol. The van der Waals surface area contributed by atoms with Crippen LogP contribution in [0.4, 0.5) is 4.79 Å². The van der Waals surface area contributed by atoms with Gasteiger partial charge in [-0.3, -0.25) is 10.5 Å². The zero-order chi connectivity index (χ0) is 16.3. The monoisotopic (exact) mass is 307 g/mol. The van der Waals surface area contributed by atoms with Gasteiger partial charge in [0.1, 0.15) is 0 Å². The Bertz CT molecular complexity index is 756. The van der Waals surface area contributed by atoms with Gasteiger partial charge < -0.3 is 10.6 Å². The molecule has 5 heteroatoms.